The normalized spacial score (nSPS) is 18.2. The second-order valence-corrected chi connectivity index (χ2v) is 10.4. The van der Waals surface area contributed by atoms with Gasteiger partial charge in [-0.2, -0.15) is 0 Å². The van der Waals surface area contributed by atoms with Crippen molar-refractivity contribution >= 4 is 17.4 Å². The lowest BCUT2D eigenvalue weighted by Gasteiger charge is -2.26. The molecule has 210 valence electrons. The summed E-state index contributed by atoms with van der Waals surface area (Å²) in [6, 6.07) is 9.57. The van der Waals surface area contributed by atoms with Gasteiger partial charge in [0, 0.05) is 12.1 Å². The number of ketones is 1. The number of benzene rings is 2. The lowest BCUT2D eigenvalue weighted by atomic mass is 9.94. The van der Waals surface area contributed by atoms with E-state index in [1.807, 2.05) is 25.1 Å². The van der Waals surface area contributed by atoms with Gasteiger partial charge in [0.15, 0.2) is 23.0 Å². The first-order chi connectivity index (χ1) is 18.7. The third-order valence-corrected chi connectivity index (χ3v) is 6.82. The van der Waals surface area contributed by atoms with Crippen LogP contribution in [-0.4, -0.2) is 80.7 Å². The van der Waals surface area contributed by atoms with Crippen LogP contribution in [0.4, 0.5) is 0 Å². The molecule has 1 saturated heterocycles. The first-order valence-electron chi connectivity index (χ1n) is 13.3. The zero-order chi connectivity index (χ0) is 28.1. The average molecular weight is 539 g/mol. The summed E-state index contributed by atoms with van der Waals surface area (Å²) >= 11 is 0. The summed E-state index contributed by atoms with van der Waals surface area (Å²) in [6.07, 6.45) is 1.56. The van der Waals surface area contributed by atoms with E-state index < -0.39 is 17.7 Å². The van der Waals surface area contributed by atoms with Gasteiger partial charge in [-0.05, 0) is 75.3 Å². The van der Waals surface area contributed by atoms with Crippen LogP contribution < -0.4 is 18.9 Å². The number of fused-ring (bicyclic) bond motifs is 1. The molecule has 9 heteroatoms. The van der Waals surface area contributed by atoms with E-state index in [9.17, 15) is 14.7 Å². The summed E-state index contributed by atoms with van der Waals surface area (Å²) in [4.78, 5) is 30.2. The molecule has 1 amide bonds. The highest BCUT2D eigenvalue weighted by Gasteiger charge is 2.46. The fourth-order valence-corrected chi connectivity index (χ4v) is 4.74. The van der Waals surface area contributed by atoms with Crippen molar-refractivity contribution in [2.24, 2.45) is 5.92 Å². The number of aliphatic hydroxyl groups excluding tert-OH is 1. The van der Waals surface area contributed by atoms with Gasteiger partial charge in [0.05, 0.1) is 25.3 Å². The molecule has 0 bridgehead atoms. The molecular formula is C30H38N2O7. The lowest BCUT2D eigenvalue weighted by Crippen LogP contribution is -2.32. The van der Waals surface area contributed by atoms with Crippen molar-refractivity contribution in [3.8, 4) is 23.0 Å². The molecular weight excluding hydrogens is 500 g/mol. The van der Waals surface area contributed by atoms with E-state index in [0.717, 1.165) is 13.0 Å². The molecule has 39 heavy (non-hydrogen) atoms. The lowest BCUT2D eigenvalue weighted by molar-refractivity contribution is -0.139. The van der Waals surface area contributed by atoms with Gasteiger partial charge in [0.2, 0.25) is 0 Å². The molecule has 2 heterocycles. The van der Waals surface area contributed by atoms with Crippen LogP contribution in [0.5, 0.6) is 23.0 Å². The third kappa shape index (κ3) is 6.30. The largest absolute Gasteiger partial charge is 0.507 e. The number of Topliss-reactive ketones (excluding diaryl/α,β-unsaturated/α-hetero) is 1. The van der Waals surface area contributed by atoms with Crippen LogP contribution in [-0.2, 0) is 9.59 Å². The number of hydrogen-bond acceptors (Lipinski definition) is 8. The fraction of sp³-hybridized carbons (Fsp3) is 0.467. The molecule has 0 aromatic heterocycles. The topological polar surface area (TPSA) is 97.8 Å². The van der Waals surface area contributed by atoms with Crippen LogP contribution in [0.25, 0.3) is 5.76 Å². The minimum Gasteiger partial charge on any atom is -0.507 e. The molecule has 0 aliphatic carbocycles. The van der Waals surface area contributed by atoms with Crippen molar-refractivity contribution in [1.82, 2.24) is 9.80 Å². The highest BCUT2D eigenvalue weighted by atomic mass is 16.6. The number of carbonyl (C=O) groups excluding carboxylic acids is 2. The standard InChI is InChI=1S/C30H38N2O7/c1-19(2)11-14-37-22-9-7-20(17-24(22)36-5)27-26(29(34)30(35)32(27)13-6-12-31(3)4)28(33)21-8-10-23-25(18-21)39-16-15-38-23/h7-10,17-19,27,33H,6,11-16H2,1-5H3/t27-/m0/s1. The molecule has 2 aromatic rings. The molecule has 2 aliphatic rings. The van der Waals surface area contributed by atoms with Gasteiger partial charge < -0.3 is 33.9 Å². The molecule has 2 aromatic carbocycles. The minimum absolute atomic E-state index is 0.0251. The Labute approximate surface area is 229 Å². The quantitative estimate of drug-likeness (QED) is 0.258. The zero-order valence-corrected chi connectivity index (χ0v) is 23.4. The van der Waals surface area contributed by atoms with Gasteiger partial charge in [0.1, 0.15) is 19.0 Å². The van der Waals surface area contributed by atoms with Crippen LogP contribution >= 0.6 is 0 Å². The Hall–Kier alpha value is -3.72. The number of likely N-dealkylation sites (tertiary alicyclic amines) is 1. The summed E-state index contributed by atoms with van der Waals surface area (Å²) < 4.78 is 22.8. The monoisotopic (exact) mass is 538 g/mol. The van der Waals surface area contributed by atoms with E-state index in [2.05, 4.69) is 13.8 Å². The minimum atomic E-state index is -0.793. The van der Waals surface area contributed by atoms with Crippen molar-refractivity contribution in [3.63, 3.8) is 0 Å². The smallest absolute Gasteiger partial charge is 0.295 e. The first-order valence-corrected chi connectivity index (χ1v) is 13.3. The number of hydrogen-bond donors (Lipinski definition) is 1. The number of nitrogens with zero attached hydrogens (tertiary/aromatic N) is 2. The molecule has 2 aliphatic heterocycles. The Kier molecular flexibility index (Phi) is 9.01. The van der Waals surface area contributed by atoms with E-state index in [1.54, 1.807) is 37.4 Å². The zero-order valence-electron chi connectivity index (χ0n) is 23.4. The van der Waals surface area contributed by atoms with Crippen LogP contribution in [0.1, 0.15) is 43.9 Å². The van der Waals surface area contributed by atoms with E-state index in [4.69, 9.17) is 18.9 Å². The highest BCUT2D eigenvalue weighted by Crippen LogP contribution is 2.43. The predicted octanol–water partition coefficient (Wildman–Crippen LogP) is 4.26. The van der Waals surface area contributed by atoms with Crippen LogP contribution in [0.15, 0.2) is 42.0 Å². The van der Waals surface area contributed by atoms with Crippen molar-refractivity contribution < 1.29 is 33.6 Å². The van der Waals surface area contributed by atoms with Gasteiger partial charge in [-0.1, -0.05) is 19.9 Å². The first kappa shape index (κ1) is 28.3. The number of amides is 1. The second-order valence-electron chi connectivity index (χ2n) is 10.4. The van der Waals surface area contributed by atoms with E-state index >= 15 is 0 Å². The number of aliphatic hydroxyl groups is 1. The fourth-order valence-electron chi connectivity index (χ4n) is 4.74. The predicted molar refractivity (Wildman–Crippen MR) is 148 cm³/mol. The van der Waals surface area contributed by atoms with Gasteiger partial charge in [-0.15, -0.1) is 0 Å². The molecule has 1 atom stereocenters. The summed E-state index contributed by atoms with van der Waals surface area (Å²) in [6.45, 7) is 6.72. The van der Waals surface area contributed by atoms with Gasteiger partial charge in [0.25, 0.3) is 11.7 Å². The molecule has 4 rings (SSSR count). The van der Waals surface area contributed by atoms with Crippen LogP contribution in [0.3, 0.4) is 0 Å². The van der Waals surface area contributed by atoms with E-state index in [0.29, 0.717) is 72.8 Å². The van der Waals surface area contributed by atoms with Gasteiger partial charge >= 0.3 is 0 Å². The summed E-state index contributed by atoms with van der Waals surface area (Å²) in [5.41, 5.74) is 1.04. The molecule has 1 fully saturated rings. The number of methoxy groups -OCH3 is 1. The van der Waals surface area contributed by atoms with Gasteiger partial charge in [-0.3, -0.25) is 9.59 Å². The van der Waals surface area contributed by atoms with Gasteiger partial charge in [-0.25, -0.2) is 0 Å². The van der Waals surface area contributed by atoms with Crippen molar-refractivity contribution in [3.05, 3.63) is 53.1 Å². The Morgan fingerprint density at radius 3 is 2.51 bits per heavy atom. The SMILES string of the molecule is COc1cc([C@H]2C(=C(O)c3ccc4c(c3)OCCO4)C(=O)C(=O)N2CCCN(C)C)ccc1OCCC(C)C. The van der Waals surface area contributed by atoms with Crippen LogP contribution in [0.2, 0.25) is 0 Å². The Bertz CT molecular complexity index is 1240. The number of rotatable bonds is 11. The van der Waals surface area contributed by atoms with Crippen molar-refractivity contribution in [2.75, 3.05) is 54.1 Å². The molecule has 0 unspecified atom stereocenters. The van der Waals surface area contributed by atoms with Crippen molar-refractivity contribution in [2.45, 2.75) is 32.7 Å². The number of carbonyl (C=O) groups is 2. The maximum absolute atomic E-state index is 13.4. The average Bonchev–Trinajstić information content (AvgIpc) is 3.17. The number of ether oxygens (including phenoxy) is 4. The summed E-state index contributed by atoms with van der Waals surface area (Å²) in [5, 5.41) is 11.4. The summed E-state index contributed by atoms with van der Waals surface area (Å²) in [7, 11) is 5.46. The maximum atomic E-state index is 13.4. The Morgan fingerprint density at radius 1 is 1.08 bits per heavy atom. The van der Waals surface area contributed by atoms with Crippen molar-refractivity contribution in [1.29, 1.82) is 0 Å². The highest BCUT2D eigenvalue weighted by molar-refractivity contribution is 6.46. The molecule has 0 saturated carbocycles. The summed E-state index contributed by atoms with van der Waals surface area (Å²) in [5.74, 6) is 0.984. The molecule has 0 spiro atoms. The van der Waals surface area contributed by atoms with Crippen LogP contribution in [0, 0.1) is 5.92 Å². The van der Waals surface area contributed by atoms with E-state index in [-0.39, 0.29) is 11.3 Å². The molecule has 0 radical (unpaired) electrons. The maximum Gasteiger partial charge on any atom is 0.295 e. The second kappa shape index (κ2) is 12.4. The van der Waals surface area contributed by atoms with E-state index in [1.165, 1.54) is 4.90 Å². The molecule has 9 nitrogen and oxygen atoms in total. The Morgan fingerprint density at radius 2 is 1.82 bits per heavy atom. The molecule has 1 N–H and O–H groups in total. The third-order valence-electron chi connectivity index (χ3n) is 6.82. The Balaban J connectivity index is 1.76.